The number of fused-ring (bicyclic) bond motifs is 10. The lowest BCUT2D eigenvalue weighted by Gasteiger charge is -2.43. The van der Waals surface area contributed by atoms with Crippen LogP contribution < -0.4 is 0 Å². The van der Waals surface area contributed by atoms with Gasteiger partial charge in [0.15, 0.2) is 0 Å². The molecule has 0 N–H and O–H groups in total. The lowest BCUT2D eigenvalue weighted by atomic mass is 9.60. The summed E-state index contributed by atoms with van der Waals surface area (Å²) in [6.07, 6.45) is 29.9. The van der Waals surface area contributed by atoms with Gasteiger partial charge in [0.2, 0.25) is 0 Å². The Kier molecular flexibility index (Phi) is 5.38. The average Bonchev–Trinajstić information content (AvgIpc) is 3.44. The number of hydrogen-bond donors (Lipinski definition) is 0. The van der Waals surface area contributed by atoms with E-state index >= 15 is 0 Å². The second-order valence-electron chi connectivity index (χ2n) is 12.2. The maximum absolute atomic E-state index is 2.49. The summed E-state index contributed by atoms with van der Waals surface area (Å²) in [5, 5.41) is 5.47. The van der Waals surface area contributed by atoms with Crippen molar-refractivity contribution in [3.63, 3.8) is 0 Å². The summed E-state index contributed by atoms with van der Waals surface area (Å²) < 4.78 is 2.85. The van der Waals surface area contributed by atoms with Crippen LogP contribution in [0.25, 0.3) is 36.5 Å². The van der Waals surface area contributed by atoms with Crippen LogP contribution in [0.1, 0.15) is 37.7 Å². The Morgan fingerprint density at radius 3 is 2.44 bits per heavy atom. The lowest BCUT2D eigenvalue weighted by molar-refractivity contribution is 0.365. The largest absolute Gasteiger partial charge is 0.134 e. The summed E-state index contributed by atoms with van der Waals surface area (Å²) in [6.45, 7) is 0. The van der Waals surface area contributed by atoms with Gasteiger partial charge in [0.1, 0.15) is 0 Å². The molecule has 0 spiro atoms. The van der Waals surface area contributed by atoms with E-state index in [4.69, 9.17) is 0 Å². The molecule has 0 bridgehead atoms. The second-order valence-corrected chi connectivity index (χ2v) is 13.2. The minimum atomic E-state index is 0.541. The Balaban J connectivity index is 1.08. The molecule has 9 rings (SSSR count). The minimum Gasteiger partial charge on any atom is -0.134 e. The third-order valence-electron chi connectivity index (χ3n) is 10.2. The van der Waals surface area contributed by atoms with Crippen molar-refractivity contribution in [2.75, 3.05) is 0 Å². The first-order valence-corrected chi connectivity index (χ1v) is 16.0. The third-order valence-corrected chi connectivity index (χ3v) is 11.4. The smallest absolute Gasteiger partial charge is 0.0434 e. The zero-order valence-electron chi connectivity index (χ0n) is 23.1. The van der Waals surface area contributed by atoms with Crippen molar-refractivity contribution < 1.29 is 0 Å². The van der Waals surface area contributed by atoms with Gasteiger partial charge in [0.05, 0.1) is 0 Å². The molecule has 3 atom stereocenters. The van der Waals surface area contributed by atoms with E-state index in [-0.39, 0.29) is 0 Å². The van der Waals surface area contributed by atoms with Crippen molar-refractivity contribution in [1.82, 2.24) is 0 Å². The summed E-state index contributed by atoms with van der Waals surface area (Å²) >= 11 is 1.97. The van der Waals surface area contributed by atoms with Crippen molar-refractivity contribution >= 4 is 47.9 Å². The zero-order chi connectivity index (χ0) is 26.9. The Bertz CT molecular complexity index is 2020. The predicted molar refractivity (Wildman–Crippen MR) is 177 cm³/mol. The summed E-state index contributed by atoms with van der Waals surface area (Å²) in [5.74, 6) is 1.71. The quantitative estimate of drug-likeness (QED) is 0.235. The fraction of sp³-hybridized carbons (Fsp3) is 0.200. The molecule has 198 valence electrons. The monoisotopic (exact) mass is 544 g/mol. The van der Waals surface area contributed by atoms with Gasteiger partial charge in [-0.25, -0.2) is 0 Å². The fourth-order valence-corrected chi connectivity index (χ4v) is 9.55. The topological polar surface area (TPSA) is 0 Å². The van der Waals surface area contributed by atoms with Crippen LogP contribution in [0.3, 0.4) is 0 Å². The molecule has 5 aliphatic rings. The molecule has 0 saturated carbocycles. The van der Waals surface area contributed by atoms with Crippen molar-refractivity contribution in [2.24, 2.45) is 17.8 Å². The number of benzene rings is 3. The number of hydrogen-bond acceptors (Lipinski definition) is 1. The van der Waals surface area contributed by atoms with Crippen LogP contribution in [0.4, 0.5) is 0 Å². The Hall–Kier alpha value is -3.94. The Labute approximate surface area is 245 Å². The van der Waals surface area contributed by atoms with E-state index in [2.05, 4.69) is 115 Å². The maximum Gasteiger partial charge on any atom is 0.0434 e. The van der Waals surface area contributed by atoms with E-state index in [1.165, 1.54) is 66.9 Å². The van der Waals surface area contributed by atoms with Gasteiger partial charge >= 0.3 is 0 Å². The zero-order valence-corrected chi connectivity index (χ0v) is 24.0. The van der Waals surface area contributed by atoms with E-state index in [1.807, 2.05) is 11.3 Å². The lowest BCUT2D eigenvalue weighted by Crippen LogP contribution is -2.33. The Morgan fingerprint density at radius 2 is 1.49 bits per heavy atom. The molecule has 1 aromatic heterocycles. The molecule has 0 radical (unpaired) electrons. The molecule has 0 fully saturated rings. The normalized spacial score (nSPS) is 25.0. The van der Waals surface area contributed by atoms with E-state index in [0.717, 1.165) is 12.8 Å². The minimum absolute atomic E-state index is 0.541. The van der Waals surface area contributed by atoms with Gasteiger partial charge in [-0.3, -0.25) is 0 Å². The van der Waals surface area contributed by atoms with Crippen molar-refractivity contribution in [3.05, 3.63) is 149 Å². The molecular weight excluding hydrogens is 513 g/mol. The summed E-state index contributed by atoms with van der Waals surface area (Å²) in [6, 6.07) is 20.3. The van der Waals surface area contributed by atoms with Gasteiger partial charge in [0.25, 0.3) is 0 Å². The molecule has 0 amide bonds. The summed E-state index contributed by atoms with van der Waals surface area (Å²) in [4.78, 5) is 0. The first-order chi connectivity index (χ1) is 20.3. The van der Waals surface area contributed by atoms with E-state index in [0.29, 0.717) is 17.8 Å². The molecule has 1 heterocycles. The van der Waals surface area contributed by atoms with Crippen LogP contribution in [0.2, 0.25) is 0 Å². The summed E-state index contributed by atoms with van der Waals surface area (Å²) in [5.41, 5.74) is 10.8. The first-order valence-electron chi connectivity index (χ1n) is 15.2. The molecule has 41 heavy (non-hydrogen) atoms. The van der Waals surface area contributed by atoms with Crippen LogP contribution in [-0.2, 0) is 0 Å². The highest BCUT2D eigenvalue weighted by atomic mass is 32.1. The van der Waals surface area contributed by atoms with Gasteiger partial charge in [-0.15, -0.1) is 11.3 Å². The maximum atomic E-state index is 2.49. The van der Waals surface area contributed by atoms with Gasteiger partial charge < -0.3 is 0 Å². The Morgan fingerprint density at radius 1 is 0.659 bits per heavy atom. The first kappa shape index (κ1) is 23.7. The highest BCUT2D eigenvalue weighted by Gasteiger charge is 2.40. The molecule has 4 aromatic rings. The molecule has 0 aliphatic heterocycles. The highest BCUT2D eigenvalue weighted by molar-refractivity contribution is 7.27. The van der Waals surface area contributed by atoms with Crippen molar-refractivity contribution in [2.45, 2.75) is 32.1 Å². The molecule has 1 heteroatoms. The third kappa shape index (κ3) is 3.65. The van der Waals surface area contributed by atoms with Crippen molar-refractivity contribution in [3.8, 4) is 0 Å². The number of rotatable bonds is 2. The highest BCUT2D eigenvalue weighted by Crippen LogP contribution is 2.52. The van der Waals surface area contributed by atoms with E-state index in [1.54, 1.807) is 22.3 Å². The van der Waals surface area contributed by atoms with Crippen LogP contribution in [-0.4, -0.2) is 0 Å². The van der Waals surface area contributed by atoms with E-state index < -0.39 is 0 Å². The predicted octanol–water partition coefficient (Wildman–Crippen LogP) is 11.2. The molecule has 3 aromatic carbocycles. The van der Waals surface area contributed by atoms with Crippen LogP contribution in [0, 0.1) is 17.8 Å². The molecule has 0 saturated heterocycles. The molecule has 0 nitrogen and oxygen atoms in total. The van der Waals surface area contributed by atoms with Crippen LogP contribution >= 0.6 is 11.3 Å². The van der Waals surface area contributed by atoms with Gasteiger partial charge in [-0.2, -0.15) is 0 Å². The fourth-order valence-electron chi connectivity index (χ4n) is 8.17. The molecule has 5 aliphatic carbocycles. The molecule has 3 unspecified atom stereocenters. The number of thiophene rings is 1. The second kappa shape index (κ2) is 9.29. The van der Waals surface area contributed by atoms with E-state index in [9.17, 15) is 0 Å². The SMILES string of the molecule is C1=CC2C3=C(CCC=C3)C3=CC=C(C4=CC=C(c5cccc6c5sc5c7ccccc7ccc65)CC4)CC3C2C=C1. The number of allylic oxidation sites excluding steroid dienone is 16. The van der Waals surface area contributed by atoms with Gasteiger partial charge in [-0.1, -0.05) is 115 Å². The standard InChI is InChI=1S/C40H32S/c1-2-9-29-26(8-1)20-23-37-36-15-7-14-30(39(36)41-40(29)37)27-18-16-25(17-19-27)28-21-22-35-33-12-4-3-10-31(33)32-11-5-6-13-34(32)38(35)24-28/h1-3,5-11,13-16,18,20-23,32,34,38H,4,12,17,19,24H2. The van der Waals surface area contributed by atoms with Crippen LogP contribution in [0.5, 0.6) is 0 Å². The van der Waals surface area contributed by atoms with Gasteiger partial charge in [-0.05, 0) is 93.7 Å². The molecular formula is C40H32S. The average molecular weight is 545 g/mol. The van der Waals surface area contributed by atoms with Crippen LogP contribution in [0.15, 0.2) is 143 Å². The summed E-state index contributed by atoms with van der Waals surface area (Å²) in [7, 11) is 0. The van der Waals surface area contributed by atoms with Crippen molar-refractivity contribution in [1.29, 1.82) is 0 Å². The van der Waals surface area contributed by atoms with Gasteiger partial charge in [0, 0.05) is 26.1 Å².